The van der Waals surface area contributed by atoms with Crippen LogP contribution in [0.5, 0.6) is 0 Å². The lowest BCUT2D eigenvalue weighted by atomic mass is 10.1. The Bertz CT molecular complexity index is 464. The largest absolute Gasteiger partial charge is 0.360 e. The average Bonchev–Trinajstić information content (AvgIpc) is 2.77. The third-order valence-electron chi connectivity index (χ3n) is 3.04. The van der Waals surface area contributed by atoms with Crippen LogP contribution in [-0.4, -0.2) is 16.6 Å². The van der Waals surface area contributed by atoms with Crippen molar-refractivity contribution < 1.29 is 4.52 Å². The van der Waals surface area contributed by atoms with Crippen LogP contribution in [0.4, 0.5) is 0 Å². The molecule has 1 aromatic carbocycles. The fourth-order valence-electron chi connectivity index (χ4n) is 2.16. The Hall–Kier alpha value is -1.61. The highest BCUT2D eigenvalue weighted by molar-refractivity contribution is 5.18. The van der Waals surface area contributed by atoms with Crippen LogP contribution < -0.4 is 0 Å². The van der Waals surface area contributed by atoms with Gasteiger partial charge in [-0.1, -0.05) is 35.5 Å². The van der Waals surface area contributed by atoms with Gasteiger partial charge in [-0.25, -0.2) is 0 Å². The van der Waals surface area contributed by atoms with Gasteiger partial charge in [0.15, 0.2) is 5.76 Å². The van der Waals surface area contributed by atoms with Crippen LogP contribution in [0.1, 0.15) is 16.9 Å². The second-order valence-corrected chi connectivity index (χ2v) is 4.22. The van der Waals surface area contributed by atoms with E-state index >= 15 is 0 Å². The van der Waals surface area contributed by atoms with E-state index in [1.54, 1.807) is 0 Å². The molecule has 82 valence electrons. The van der Waals surface area contributed by atoms with Gasteiger partial charge < -0.3 is 4.52 Å². The molecule has 2 heterocycles. The van der Waals surface area contributed by atoms with E-state index in [1.807, 2.05) is 12.3 Å². The summed E-state index contributed by atoms with van der Waals surface area (Å²) in [6.07, 6.45) is 2.89. The van der Waals surface area contributed by atoms with Crippen molar-refractivity contribution in [2.75, 3.05) is 6.54 Å². The maximum absolute atomic E-state index is 5.23. The SMILES string of the molecule is c1ccc(CN2CCc3cnoc3C2)cc1. The van der Waals surface area contributed by atoms with E-state index in [1.165, 1.54) is 11.1 Å². The van der Waals surface area contributed by atoms with E-state index in [9.17, 15) is 0 Å². The summed E-state index contributed by atoms with van der Waals surface area (Å²) in [6, 6.07) is 10.5. The van der Waals surface area contributed by atoms with Gasteiger partial charge >= 0.3 is 0 Å². The smallest absolute Gasteiger partial charge is 0.153 e. The second kappa shape index (κ2) is 4.10. The molecule has 0 fully saturated rings. The molecule has 0 bridgehead atoms. The fourth-order valence-corrected chi connectivity index (χ4v) is 2.16. The highest BCUT2D eigenvalue weighted by atomic mass is 16.5. The summed E-state index contributed by atoms with van der Waals surface area (Å²) < 4.78 is 5.23. The summed E-state index contributed by atoms with van der Waals surface area (Å²) in [5, 5.41) is 3.84. The number of aromatic nitrogens is 1. The lowest BCUT2D eigenvalue weighted by Gasteiger charge is -2.25. The zero-order valence-electron chi connectivity index (χ0n) is 9.10. The van der Waals surface area contributed by atoms with Crippen molar-refractivity contribution >= 4 is 0 Å². The van der Waals surface area contributed by atoms with Crippen molar-refractivity contribution in [3.63, 3.8) is 0 Å². The van der Waals surface area contributed by atoms with Gasteiger partial charge in [-0.05, 0) is 12.0 Å². The minimum absolute atomic E-state index is 0.879. The first-order valence-electron chi connectivity index (χ1n) is 5.60. The topological polar surface area (TPSA) is 29.3 Å². The maximum Gasteiger partial charge on any atom is 0.153 e. The Morgan fingerprint density at radius 1 is 1.25 bits per heavy atom. The van der Waals surface area contributed by atoms with E-state index in [4.69, 9.17) is 4.52 Å². The zero-order chi connectivity index (χ0) is 10.8. The van der Waals surface area contributed by atoms with Crippen LogP contribution in [0.2, 0.25) is 0 Å². The molecule has 2 aromatic rings. The van der Waals surface area contributed by atoms with Crippen molar-refractivity contribution in [1.29, 1.82) is 0 Å². The van der Waals surface area contributed by atoms with Gasteiger partial charge in [-0.3, -0.25) is 4.90 Å². The lowest BCUT2D eigenvalue weighted by Crippen LogP contribution is -2.29. The molecule has 3 nitrogen and oxygen atoms in total. The summed E-state index contributed by atoms with van der Waals surface area (Å²) in [4.78, 5) is 2.39. The second-order valence-electron chi connectivity index (χ2n) is 4.22. The summed E-state index contributed by atoms with van der Waals surface area (Å²) in [6.45, 7) is 2.95. The molecule has 0 N–H and O–H groups in total. The van der Waals surface area contributed by atoms with Crippen molar-refractivity contribution in [3.05, 3.63) is 53.4 Å². The molecule has 1 aliphatic rings. The first-order valence-corrected chi connectivity index (χ1v) is 5.60. The Morgan fingerprint density at radius 3 is 3.00 bits per heavy atom. The first kappa shape index (κ1) is 9.60. The average molecular weight is 214 g/mol. The van der Waals surface area contributed by atoms with E-state index in [0.29, 0.717) is 0 Å². The molecule has 0 saturated heterocycles. The molecule has 0 unspecified atom stereocenters. The summed E-state index contributed by atoms with van der Waals surface area (Å²) in [7, 11) is 0. The van der Waals surface area contributed by atoms with Gasteiger partial charge in [0.25, 0.3) is 0 Å². The Morgan fingerprint density at radius 2 is 2.12 bits per heavy atom. The molecule has 0 spiro atoms. The van der Waals surface area contributed by atoms with E-state index in [2.05, 4.69) is 34.3 Å². The van der Waals surface area contributed by atoms with Crippen LogP contribution in [0.3, 0.4) is 0 Å². The minimum Gasteiger partial charge on any atom is -0.360 e. The van der Waals surface area contributed by atoms with E-state index in [-0.39, 0.29) is 0 Å². The minimum atomic E-state index is 0.879. The van der Waals surface area contributed by atoms with Gasteiger partial charge in [0, 0.05) is 18.7 Å². The van der Waals surface area contributed by atoms with Gasteiger partial charge in [-0.15, -0.1) is 0 Å². The number of fused-ring (bicyclic) bond motifs is 1. The molecule has 0 amide bonds. The molecular weight excluding hydrogens is 200 g/mol. The maximum atomic E-state index is 5.23. The number of hydrogen-bond acceptors (Lipinski definition) is 3. The quantitative estimate of drug-likeness (QED) is 0.767. The zero-order valence-corrected chi connectivity index (χ0v) is 9.10. The van der Waals surface area contributed by atoms with Crippen molar-refractivity contribution in [2.24, 2.45) is 0 Å². The van der Waals surface area contributed by atoms with E-state index < -0.39 is 0 Å². The highest BCUT2D eigenvalue weighted by Gasteiger charge is 2.19. The number of benzene rings is 1. The van der Waals surface area contributed by atoms with Crippen molar-refractivity contribution in [3.8, 4) is 0 Å². The summed E-state index contributed by atoms with van der Waals surface area (Å²) in [5.41, 5.74) is 2.62. The number of nitrogens with zero attached hydrogens (tertiary/aromatic N) is 2. The molecule has 16 heavy (non-hydrogen) atoms. The third kappa shape index (κ3) is 1.86. The van der Waals surface area contributed by atoms with Crippen LogP contribution in [-0.2, 0) is 19.5 Å². The molecule has 1 aromatic heterocycles. The third-order valence-corrected chi connectivity index (χ3v) is 3.04. The number of hydrogen-bond donors (Lipinski definition) is 0. The molecule has 3 heteroatoms. The van der Waals surface area contributed by atoms with Crippen molar-refractivity contribution in [2.45, 2.75) is 19.5 Å². The standard InChI is InChI=1S/C13H14N2O/c1-2-4-11(5-3-1)9-15-7-6-12-8-14-16-13(12)10-15/h1-5,8H,6-7,9-10H2. The van der Waals surface area contributed by atoms with Crippen LogP contribution in [0.15, 0.2) is 41.1 Å². The van der Waals surface area contributed by atoms with Crippen LogP contribution >= 0.6 is 0 Å². The van der Waals surface area contributed by atoms with Crippen LogP contribution in [0, 0.1) is 0 Å². The predicted octanol–water partition coefficient (Wildman–Crippen LogP) is 2.23. The highest BCUT2D eigenvalue weighted by Crippen LogP contribution is 2.19. The molecule has 0 radical (unpaired) electrons. The van der Waals surface area contributed by atoms with Crippen molar-refractivity contribution in [1.82, 2.24) is 10.1 Å². The monoisotopic (exact) mass is 214 g/mol. The first-order chi connectivity index (χ1) is 7.92. The number of rotatable bonds is 2. The fraction of sp³-hybridized carbons (Fsp3) is 0.308. The van der Waals surface area contributed by atoms with Gasteiger partial charge in [0.2, 0.25) is 0 Å². The molecule has 0 saturated carbocycles. The summed E-state index contributed by atoms with van der Waals surface area (Å²) in [5.74, 6) is 1.03. The lowest BCUT2D eigenvalue weighted by molar-refractivity contribution is 0.210. The normalized spacial score (nSPS) is 16.0. The Balaban J connectivity index is 1.71. The molecule has 0 aliphatic carbocycles. The van der Waals surface area contributed by atoms with E-state index in [0.717, 1.165) is 31.8 Å². The molecular formula is C13H14N2O. The van der Waals surface area contributed by atoms with Crippen LogP contribution in [0.25, 0.3) is 0 Å². The molecule has 3 rings (SSSR count). The molecule has 0 atom stereocenters. The van der Waals surface area contributed by atoms with Gasteiger partial charge in [0.05, 0.1) is 12.7 Å². The Kier molecular flexibility index (Phi) is 2.46. The predicted molar refractivity (Wildman–Crippen MR) is 60.8 cm³/mol. The molecule has 1 aliphatic heterocycles. The van der Waals surface area contributed by atoms with Gasteiger partial charge in [-0.2, -0.15) is 0 Å². The Labute approximate surface area is 94.7 Å². The summed E-state index contributed by atoms with van der Waals surface area (Å²) >= 11 is 0. The van der Waals surface area contributed by atoms with Gasteiger partial charge in [0.1, 0.15) is 0 Å².